The Balaban J connectivity index is 1.67. The molecule has 0 radical (unpaired) electrons. The lowest BCUT2D eigenvalue weighted by Gasteiger charge is -2.20. The summed E-state index contributed by atoms with van der Waals surface area (Å²) in [6.07, 6.45) is 0. The minimum absolute atomic E-state index is 0.347. The molecule has 6 heteroatoms. The SMILES string of the molecule is COC(=O)c1ccc2c(c1)COc1cc3c(cc1OC2)C(=N)NC3. The van der Waals surface area contributed by atoms with Gasteiger partial charge in [0.1, 0.15) is 19.0 Å². The quantitative estimate of drug-likeness (QED) is 0.787. The van der Waals surface area contributed by atoms with Gasteiger partial charge in [-0.05, 0) is 41.0 Å². The van der Waals surface area contributed by atoms with E-state index < -0.39 is 0 Å². The monoisotopic (exact) mass is 324 g/mol. The third kappa shape index (κ3) is 2.36. The molecule has 2 heterocycles. The molecule has 0 amide bonds. The van der Waals surface area contributed by atoms with Gasteiger partial charge in [-0.2, -0.15) is 0 Å². The fraction of sp³-hybridized carbons (Fsp3) is 0.222. The Morgan fingerprint density at radius 3 is 2.62 bits per heavy atom. The molecule has 2 aliphatic rings. The molecule has 0 saturated carbocycles. The van der Waals surface area contributed by atoms with Crippen molar-refractivity contribution in [2.24, 2.45) is 0 Å². The second-order valence-corrected chi connectivity index (χ2v) is 5.74. The molecule has 6 nitrogen and oxygen atoms in total. The van der Waals surface area contributed by atoms with Crippen LogP contribution in [-0.2, 0) is 24.5 Å². The van der Waals surface area contributed by atoms with Crippen LogP contribution in [-0.4, -0.2) is 18.9 Å². The number of carbonyl (C=O) groups excluding carboxylic acids is 1. The number of esters is 1. The Kier molecular flexibility index (Phi) is 3.37. The first-order valence-corrected chi connectivity index (χ1v) is 7.61. The Morgan fingerprint density at radius 1 is 1.08 bits per heavy atom. The zero-order valence-corrected chi connectivity index (χ0v) is 13.1. The fourth-order valence-electron chi connectivity index (χ4n) is 2.94. The number of hydrogen-bond donors (Lipinski definition) is 2. The van der Waals surface area contributed by atoms with Gasteiger partial charge in [-0.15, -0.1) is 0 Å². The van der Waals surface area contributed by atoms with Crippen molar-refractivity contribution in [1.29, 1.82) is 5.41 Å². The molecule has 0 atom stereocenters. The molecular weight excluding hydrogens is 308 g/mol. The van der Waals surface area contributed by atoms with Gasteiger partial charge in [-0.1, -0.05) is 6.07 Å². The lowest BCUT2D eigenvalue weighted by Crippen LogP contribution is -2.13. The molecule has 0 aliphatic carbocycles. The predicted octanol–water partition coefficient (Wildman–Crippen LogP) is 2.37. The molecule has 4 rings (SSSR count). The maximum absolute atomic E-state index is 11.7. The summed E-state index contributed by atoms with van der Waals surface area (Å²) in [5, 5.41) is 10.9. The first-order valence-electron chi connectivity index (χ1n) is 7.61. The molecule has 2 aliphatic heterocycles. The largest absolute Gasteiger partial charge is 0.485 e. The molecule has 0 fully saturated rings. The van der Waals surface area contributed by atoms with Crippen LogP contribution in [0.1, 0.15) is 32.6 Å². The fourth-order valence-corrected chi connectivity index (χ4v) is 2.94. The van der Waals surface area contributed by atoms with Gasteiger partial charge in [0, 0.05) is 12.1 Å². The van der Waals surface area contributed by atoms with E-state index in [1.54, 1.807) is 12.1 Å². The van der Waals surface area contributed by atoms with Crippen LogP contribution in [0.15, 0.2) is 30.3 Å². The van der Waals surface area contributed by atoms with Crippen molar-refractivity contribution in [3.63, 3.8) is 0 Å². The summed E-state index contributed by atoms with van der Waals surface area (Å²) in [5.41, 5.74) is 4.22. The summed E-state index contributed by atoms with van der Waals surface area (Å²) < 4.78 is 16.6. The van der Waals surface area contributed by atoms with Crippen molar-refractivity contribution in [3.05, 3.63) is 58.1 Å². The summed E-state index contributed by atoms with van der Waals surface area (Å²) in [6, 6.07) is 9.11. The van der Waals surface area contributed by atoms with Crippen molar-refractivity contribution >= 4 is 11.8 Å². The van der Waals surface area contributed by atoms with Gasteiger partial charge in [-0.25, -0.2) is 4.79 Å². The van der Waals surface area contributed by atoms with Crippen LogP contribution in [0.5, 0.6) is 11.5 Å². The minimum atomic E-state index is -0.372. The molecule has 2 aromatic carbocycles. The number of amidine groups is 1. The number of ether oxygens (including phenoxy) is 3. The van der Waals surface area contributed by atoms with Crippen molar-refractivity contribution in [3.8, 4) is 11.5 Å². The lowest BCUT2D eigenvalue weighted by atomic mass is 10.0. The van der Waals surface area contributed by atoms with Crippen LogP contribution in [0, 0.1) is 5.41 Å². The van der Waals surface area contributed by atoms with Gasteiger partial charge in [-0.3, -0.25) is 5.41 Å². The normalized spacial score (nSPS) is 14.8. The van der Waals surface area contributed by atoms with E-state index in [4.69, 9.17) is 19.6 Å². The number of carbonyl (C=O) groups is 1. The van der Waals surface area contributed by atoms with E-state index >= 15 is 0 Å². The highest BCUT2D eigenvalue weighted by Crippen LogP contribution is 2.35. The number of nitrogens with one attached hydrogen (secondary N) is 2. The first-order chi connectivity index (χ1) is 11.7. The Hall–Kier alpha value is -3.02. The van der Waals surface area contributed by atoms with Gasteiger partial charge in [0.25, 0.3) is 0 Å². The van der Waals surface area contributed by atoms with E-state index in [0.29, 0.717) is 42.7 Å². The summed E-state index contributed by atoms with van der Waals surface area (Å²) in [6.45, 7) is 1.35. The average molecular weight is 324 g/mol. The standard InChI is InChI=1S/C18H16N2O4/c1-22-18(21)10-2-3-11-8-23-16-6-14-12(7-20-17(14)19)5-15(16)24-9-13(11)4-10/h2-6H,7-9H2,1H3,(H2,19,20). The number of benzene rings is 2. The maximum Gasteiger partial charge on any atom is 0.337 e. The summed E-state index contributed by atoms with van der Waals surface area (Å²) >= 11 is 0. The highest BCUT2D eigenvalue weighted by molar-refractivity contribution is 6.01. The van der Waals surface area contributed by atoms with Gasteiger partial charge in [0.2, 0.25) is 0 Å². The van der Waals surface area contributed by atoms with Crippen molar-refractivity contribution in [2.45, 2.75) is 19.8 Å². The minimum Gasteiger partial charge on any atom is -0.485 e. The second-order valence-electron chi connectivity index (χ2n) is 5.74. The lowest BCUT2D eigenvalue weighted by molar-refractivity contribution is 0.0600. The van der Waals surface area contributed by atoms with Crippen LogP contribution >= 0.6 is 0 Å². The topological polar surface area (TPSA) is 80.6 Å². The highest BCUT2D eigenvalue weighted by Gasteiger charge is 2.22. The Morgan fingerprint density at radius 2 is 1.83 bits per heavy atom. The van der Waals surface area contributed by atoms with Crippen molar-refractivity contribution in [2.75, 3.05) is 7.11 Å². The van der Waals surface area contributed by atoms with Crippen LogP contribution in [0.25, 0.3) is 0 Å². The van der Waals surface area contributed by atoms with Crippen LogP contribution in [0.3, 0.4) is 0 Å². The highest BCUT2D eigenvalue weighted by atomic mass is 16.5. The predicted molar refractivity (Wildman–Crippen MR) is 86.6 cm³/mol. The van der Waals surface area contributed by atoms with Crippen molar-refractivity contribution < 1.29 is 19.0 Å². The van der Waals surface area contributed by atoms with Gasteiger partial charge >= 0.3 is 5.97 Å². The molecule has 0 unspecified atom stereocenters. The number of methoxy groups -OCH3 is 1. The summed E-state index contributed by atoms with van der Waals surface area (Å²) in [4.78, 5) is 11.7. The Bertz CT molecular complexity index is 860. The smallest absolute Gasteiger partial charge is 0.337 e. The molecule has 0 saturated heterocycles. The van der Waals surface area contributed by atoms with E-state index in [1.165, 1.54) is 7.11 Å². The van der Waals surface area contributed by atoms with Crippen molar-refractivity contribution in [1.82, 2.24) is 5.32 Å². The third-order valence-corrected chi connectivity index (χ3v) is 4.29. The molecule has 2 aromatic rings. The van der Waals surface area contributed by atoms with Gasteiger partial charge < -0.3 is 19.5 Å². The average Bonchev–Trinajstić information content (AvgIpc) is 2.95. The summed E-state index contributed by atoms with van der Waals surface area (Å²) in [5.74, 6) is 1.31. The maximum atomic E-state index is 11.7. The number of hydrogen-bond acceptors (Lipinski definition) is 5. The summed E-state index contributed by atoms with van der Waals surface area (Å²) in [7, 11) is 1.36. The molecule has 0 bridgehead atoms. The van der Waals surface area contributed by atoms with Crippen LogP contribution in [0.2, 0.25) is 0 Å². The van der Waals surface area contributed by atoms with E-state index in [2.05, 4.69) is 5.32 Å². The molecule has 122 valence electrons. The van der Waals surface area contributed by atoms with Crippen LogP contribution in [0.4, 0.5) is 0 Å². The number of fused-ring (bicyclic) bond motifs is 3. The second kappa shape index (κ2) is 5.56. The Labute approximate surface area is 138 Å². The molecule has 0 aromatic heterocycles. The molecular formula is C18H16N2O4. The van der Waals surface area contributed by atoms with E-state index in [0.717, 1.165) is 22.3 Å². The van der Waals surface area contributed by atoms with Crippen LogP contribution < -0.4 is 14.8 Å². The third-order valence-electron chi connectivity index (χ3n) is 4.29. The molecule has 2 N–H and O–H groups in total. The van der Waals surface area contributed by atoms with Gasteiger partial charge in [0.05, 0.1) is 12.7 Å². The molecule has 0 spiro atoms. The van der Waals surface area contributed by atoms with E-state index in [-0.39, 0.29) is 5.97 Å². The molecule has 24 heavy (non-hydrogen) atoms. The van der Waals surface area contributed by atoms with Gasteiger partial charge in [0.15, 0.2) is 11.5 Å². The van der Waals surface area contributed by atoms with E-state index in [1.807, 2.05) is 18.2 Å². The number of rotatable bonds is 1. The van der Waals surface area contributed by atoms with E-state index in [9.17, 15) is 4.79 Å². The zero-order valence-electron chi connectivity index (χ0n) is 13.1. The first kappa shape index (κ1) is 14.6. The zero-order chi connectivity index (χ0) is 16.7.